The van der Waals surface area contributed by atoms with Gasteiger partial charge in [-0.3, -0.25) is 14.3 Å². The highest BCUT2D eigenvalue weighted by molar-refractivity contribution is 6.29. The van der Waals surface area contributed by atoms with E-state index in [4.69, 9.17) is 16.6 Å². The molecule has 0 amide bonds. The number of anilines is 1. The number of aromatic carboxylic acids is 1. The van der Waals surface area contributed by atoms with Crippen LogP contribution in [-0.4, -0.2) is 56.6 Å². The highest BCUT2D eigenvalue weighted by atomic mass is 35.5. The molecule has 186 valence electrons. The zero-order chi connectivity index (χ0) is 25.7. The molecular formula is C24H26ClF2N5O3. The van der Waals surface area contributed by atoms with Gasteiger partial charge in [-0.2, -0.15) is 0 Å². The molecule has 3 aromatic rings. The van der Waals surface area contributed by atoms with Gasteiger partial charge in [-0.25, -0.2) is 23.5 Å². The van der Waals surface area contributed by atoms with Crippen LogP contribution in [-0.2, 0) is 12.5 Å². The second-order valence-corrected chi connectivity index (χ2v) is 9.76. The standard InChI is InChI=1S/C24H26ClF2N5O3/c1-12-7-14(13(2)28-16-5-6-17(25)29-20(16)22(34)35)19-15(8-12)21(33)31(4)23(30-19)24(3)10-32(11-24)9-18(26)27/h5-8,13,18,28H,9-11H2,1-4H3,(H,34,35)/t13-/m1/s1. The first kappa shape index (κ1) is 25.0. The molecule has 2 aromatic heterocycles. The van der Waals surface area contributed by atoms with Crippen molar-refractivity contribution in [3.63, 3.8) is 0 Å². The number of hydrogen-bond donors (Lipinski definition) is 2. The molecule has 1 atom stereocenters. The molecule has 0 spiro atoms. The van der Waals surface area contributed by atoms with Crippen LogP contribution >= 0.6 is 11.6 Å². The van der Waals surface area contributed by atoms with E-state index < -0.39 is 23.9 Å². The van der Waals surface area contributed by atoms with Crippen molar-refractivity contribution in [3.05, 3.63) is 62.4 Å². The molecule has 0 aliphatic carbocycles. The number of carboxylic acid groups (broad SMARTS) is 1. The number of likely N-dealkylation sites (tertiary alicyclic amines) is 1. The van der Waals surface area contributed by atoms with Crippen molar-refractivity contribution in [2.75, 3.05) is 25.0 Å². The minimum atomic E-state index is -2.42. The highest BCUT2D eigenvalue weighted by Crippen LogP contribution is 2.35. The summed E-state index contributed by atoms with van der Waals surface area (Å²) in [5.74, 6) is -0.700. The first-order valence-corrected chi connectivity index (χ1v) is 11.5. The fraction of sp³-hybridized carbons (Fsp3) is 0.417. The van der Waals surface area contributed by atoms with Crippen LogP contribution in [0.2, 0.25) is 5.15 Å². The molecule has 3 heterocycles. The summed E-state index contributed by atoms with van der Waals surface area (Å²) >= 11 is 5.87. The van der Waals surface area contributed by atoms with E-state index in [-0.39, 0.29) is 28.6 Å². The maximum atomic E-state index is 13.3. The molecule has 0 unspecified atom stereocenters. The van der Waals surface area contributed by atoms with Gasteiger partial charge in [-0.15, -0.1) is 0 Å². The van der Waals surface area contributed by atoms with Crippen molar-refractivity contribution in [2.45, 2.75) is 38.7 Å². The minimum absolute atomic E-state index is 0.0611. The Kier molecular flexibility index (Phi) is 6.54. The SMILES string of the molecule is Cc1cc([C@@H](C)Nc2ccc(Cl)nc2C(=O)O)c2nc(C3(C)CN(CC(F)F)C3)n(C)c(=O)c2c1. The van der Waals surface area contributed by atoms with Gasteiger partial charge in [-0.1, -0.05) is 24.6 Å². The van der Waals surface area contributed by atoms with E-state index in [0.29, 0.717) is 35.4 Å². The molecule has 2 N–H and O–H groups in total. The number of halogens is 3. The third kappa shape index (κ3) is 4.72. The summed E-state index contributed by atoms with van der Waals surface area (Å²) in [4.78, 5) is 35.4. The van der Waals surface area contributed by atoms with Crippen molar-refractivity contribution >= 4 is 34.2 Å². The Labute approximate surface area is 205 Å². The zero-order valence-corrected chi connectivity index (χ0v) is 20.5. The first-order valence-electron chi connectivity index (χ1n) is 11.1. The molecule has 0 bridgehead atoms. The zero-order valence-electron chi connectivity index (χ0n) is 19.8. The monoisotopic (exact) mass is 505 g/mol. The molecule has 1 saturated heterocycles. The van der Waals surface area contributed by atoms with Crippen LogP contribution in [0, 0.1) is 6.92 Å². The maximum absolute atomic E-state index is 13.3. The van der Waals surface area contributed by atoms with Crippen LogP contribution in [0.1, 0.15) is 47.3 Å². The van der Waals surface area contributed by atoms with E-state index in [1.807, 2.05) is 26.8 Å². The number of aromatic nitrogens is 3. The fourth-order valence-electron chi connectivity index (χ4n) is 4.85. The van der Waals surface area contributed by atoms with E-state index in [9.17, 15) is 23.5 Å². The first-order chi connectivity index (χ1) is 16.4. The van der Waals surface area contributed by atoms with E-state index in [0.717, 1.165) is 5.56 Å². The number of nitrogens with one attached hydrogen (secondary N) is 1. The van der Waals surface area contributed by atoms with Gasteiger partial charge in [0, 0.05) is 25.7 Å². The molecule has 1 aromatic carbocycles. The van der Waals surface area contributed by atoms with Crippen molar-refractivity contribution in [3.8, 4) is 0 Å². The molecule has 1 aliphatic rings. The lowest BCUT2D eigenvalue weighted by molar-refractivity contribution is 0.00892. The van der Waals surface area contributed by atoms with Gasteiger partial charge in [0.1, 0.15) is 11.0 Å². The molecule has 1 aliphatic heterocycles. The lowest BCUT2D eigenvalue weighted by Gasteiger charge is -2.47. The van der Waals surface area contributed by atoms with Gasteiger partial charge in [0.2, 0.25) is 0 Å². The average Bonchev–Trinajstić information content (AvgIpc) is 2.75. The Bertz CT molecular complexity index is 1370. The van der Waals surface area contributed by atoms with Gasteiger partial charge in [0.05, 0.1) is 34.6 Å². The van der Waals surface area contributed by atoms with Gasteiger partial charge in [0.15, 0.2) is 5.69 Å². The highest BCUT2D eigenvalue weighted by Gasteiger charge is 2.44. The Hall–Kier alpha value is -3.11. The Morgan fingerprint density at radius 3 is 2.60 bits per heavy atom. The van der Waals surface area contributed by atoms with Crippen LogP contribution in [0.5, 0.6) is 0 Å². The summed E-state index contributed by atoms with van der Waals surface area (Å²) < 4.78 is 27.1. The number of carbonyl (C=O) groups is 1. The summed E-state index contributed by atoms with van der Waals surface area (Å²) in [6.07, 6.45) is -2.42. The van der Waals surface area contributed by atoms with E-state index in [2.05, 4.69) is 10.3 Å². The number of carboxylic acids is 1. The minimum Gasteiger partial charge on any atom is -0.476 e. The van der Waals surface area contributed by atoms with Crippen LogP contribution in [0.4, 0.5) is 14.5 Å². The number of hydrogen-bond acceptors (Lipinski definition) is 6. The van der Waals surface area contributed by atoms with Crippen LogP contribution < -0.4 is 10.9 Å². The summed E-state index contributed by atoms with van der Waals surface area (Å²) in [6.45, 7) is 6.04. The normalized spacial score (nSPS) is 16.3. The Balaban J connectivity index is 1.78. The smallest absolute Gasteiger partial charge is 0.356 e. The van der Waals surface area contributed by atoms with Gasteiger partial charge in [-0.05, 0) is 37.6 Å². The predicted octanol–water partition coefficient (Wildman–Crippen LogP) is 4.00. The average molecular weight is 506 g/mol. The molecule has 0 saturated carbocycles. The summed E-state index contributed by atoms with van der Waals surface area (Å²) in [5.41, 5.74) is 1.33. The third-order valence-electron chi connectivity index (χ3n) is 6.34. The topological polar surface area (TPSA) is 100 Å². The van der Waals surface area contributed by atoms with E-state index >= 15 is 0 Å². The van der Waals surface area contributed by atoms with Gasteiger partial charge < -0.3 is 10.4 Å². The number of nitrogens with zero attached hydrogens (tertiary/aromatic N) is 4. The molecule has 0 radical (unpaired) electrons. The van der Waals surface area contributed by atoms with E-state index in [1.165, 1.54) is 16.7 Å². The van der Waals surface area contributed by atoms with Crippen molar-refractivity contribution < 1.29 is 18.7 Å². The van der Waals surface area contributed by atoms with Gasteiger partial charge >= 0.3 is 5.97 Å². The lowest BCUT2D eigenvalue weighted by Crippen LogP contribution is -2.60. The van der Waals surface area contributed by atoms with Crippen LogP contribution in [0.25, 0.3) is 10.9 Å². The lowest BCUT2D eigenvalue weighted by atomic mass is 9.80. The second kappa shape index (κ2) is 9.16. The largest absolute Gasteiger partial charge is 0.476 e. The quantitative estimate of drug-likeness (QED) is 0.468. The Morgan fingerprint density at radius 2 is 1.97 bits per heavy atom. The molecule has 35 heavy (non-hydrogen) atoms. The predicted molar refractivity (Wildman–Crippen MR) is 130 cm³/mol. The number of rotatable bonds is 7. The molecule has 4 rings (SSSR count). The van der Waals surface area contributed by atoms with Crippen molar-refractivity contribution in [2.24, 2.45) is 7.05 Å². The van der Waals surface area contributed by atoms with E-state index in [1.54, 1.807) is 18.0 Å². The molecule has 11 heteroatoms. The third-order valence-corrected chi connectivity index (χ3v) is 6.55. The summed E-state index contributed by atoms with van der Waals surface area (Å²) in [7, 11) is 1.65. The Morgan fingerprint density at radius 1 is 1.29 bits per heavy atom. The second-order valence-electron chi connectivity index (χ2n) is 9.37. The fourth-order valence-corrected chi connectivity index (χ4v) is 5.00. The number of pyridine rings is 1. The van der Waals surface area contributed by atoms with Gasteiger partial charge in [0.25, 0.3) is 12.0 Å². The van der Waals surface area contributed by atoms with Crippen molar-refractivity contribution in [1.82, 2.24) is 19.4 Å². The van der Waals surface area contributed by atoms with Crippen molar-refractivity contribution in [1.29, 1.82) is 0 Å². The van der Waals surface area contributed by atoms with Crippen LogP contribution in [0.15, 0.2) is 29.1 Å². The maximum Gasteiger partial charge on any atom is 0.356 e. The molecule has 8 nitrogen and oxygen atoms in total. The number of alkyl halides is 2. The van der Waals surface area contributed by atoms with Crippen LogP contribution in [0.3, 0.4) is 0 Å². The molecular weight excluding hydrogens is 480 g/mol. The molecule has 1 fully saturated rings. The summed E-state index contributed by atoms with van der Waals surface area (Å²) in [6, 6.07) is 6.26. The number of fused-ring (bicyclic) bond motifs is 1. The summed E-state index contributed by atoms with van der Waals surface area (Å²) in [5, 5.41) is 13.2. The number of benzene rings is 1. The number of aryl methyl sites for hydroxylation is 1.